The van der Waals surface area contributed by atoms with Crippen molar-refractivity contribution < 1.29 is 4.74 Å². The summed E-state index contributed by atoms with van der Waals surface area (Å²) in [6.45, 7) is 0.437. The number of halogens is 2. The molecule has 0 radical (unpaired) electrons. The van der Waals surface area contributed by atoms with E-state index in [1.807, 2.05) is 48.5 Å². The van der Waals surface area contributed by atoms with Crippen LogP contribution in [0.4, 0.5) is 0 Å². The smallest absolute Gasteiger partial charge is 0.136 e. The maximum absolute atomic E-state index is 5.94. The van der Waals surface area contributed by atoms with E-state index in [1.165, 1.54) is 0 Å². The quantitative estimate of drug-likeness (QED) is 0.871. The molecule has 2 nitrogen and oxygen atoms in total. The first-order chi connectivity index (χ1) is 8.70. The lowest BCUT2D eigenvalue weighted by Crippen LogP contribution is -2.18. The van der Waals surface area contributed by atoms with Crippen LogP contribution in [0.2, 0.25) is 0 Å². The van der Waals surface area contributed by atoms with Crippen LogP contribution in [0.3, 0.4) is 0 Å². The standard InChI is InChI=1S/C14H13Br2NO/c15-11-6-7-13(12(16)8-11)18-14(9-17)10-4-2-1-3-5-10/h1-8,14H,9,17H2. The second kappa shape index (κ2) is 6.36. The molecule has 1 unspecified atom stereocenters. The van der Waals surface area contributed by atoms with Gasteiger partial charge >= 0.3 is 0 Å². The van der Waals surface area contributed by atoms with E-state index >= 15 is 0 Å². The Morgan fingerprint density at radius 1 is 1.06 bits per heavy atom. The molecule has 0 aromatic heterocycles. The molecular formula is C14H13Br2NO. The minimum absolute atomic E-state index is 0.135. The summed E-state index contributed by atoms with van der Waals surface area (Å²) in [5, 5.41) is 0. The Balaban J connectivity index is 2.21. The van der Waals surface area contributed by atoms with E-state index in [-0.39, 0.29) is 6.10 Å². The van der Waals surface area contributed by atoms with Crippen LogP contribution in [-0.4, -0.2) is 6.54 Å². The van der Waals surface area contributed by atoms with Gasteiger partial charge in [-0.25, -0.2) is 0 Å². The number of benzene rings is 2. The molecule has 0 saturated heterocycles. The molecule has 2 aromatic carbocycles. The van der Waals surface area contributed by atoms with Crippen LogP contribution in [0.5, 0.6) is 5.75 Å². The second-order valence-corrected chi connectivity index (χ2v) is 5.60. The molecule has 1 atom stereocenters. The van der Waals surface area contributed by atoms with Crippen LogP contribution in [0.15, 0.2) is 57.5 Å². The zero-order valence-electron chi connectivity index (χ0n) is 9.64. The molecule has 0 amide bonds. The minimum Gasteiger partial charge on any atom is -0.483 e. The van der Waals surface area contributed by atoms with Gasteiger partial charge in [-0.05, 0) is 39.7 Å². The Bertz CT molecular complexity index is 516. The van der Waals surface area contributed by atoms with Gasteiger partial charge in [-0.15, -0.1) is 0 Å². The van der Waals surface area contributed by atoms with Crippen LogP contribution in [0.1, 0.15) is 11.7 Å². The molecule has 0 spiro atoms. The molecule has 0 bridgehead atoms. The predicted octanol–water partition coefficient (Wildman–Crippen LogP) is 4.29. The van der Waals surface area contributed by atoms with Crippen LogP contribution in [0, 0.1) is 0 Å². The third-order valence-corrected chi connectivity index (χ3v) is 3.66. The Hall–Kier alpha value is -0.840. The third-order valence-electron chi connectivity index (χ3n) is 2.55. The fraction of sp³-hybridized carbons (Fsp3) is 0.143. The topological polar surface area (TPSA) is 35.2 Å². The van der Waals surface area contributed by atoms with Crippen molar-refractivity contribution in [2.24, 2.45) is 5.73 Å². The van der Waals surface area contributed by atoms with E-state index in [0.29, 0.717) is 6.54 Å². The largest absolute Gasteiger partial charge is 0.483 e. The molecule has 4 heteroatoms. The van der Waals surface area contributed by atoms with Gasteiger partial charge in [0.1, 0.15) is 11.9 Å². The molecule has 18 heavy (non-hydrogen) atoms. The average molecular weight is 371 g/mol. The lowest BCUT2D eigenvalue weighted by Gasteiger charge is -2.18. The van der Waals surface area contributed by atoms with Gasteiger partial charge in [-0.2, -0.15) is 0 Å². The van der Waals surface area contributed by atoms with Crippen molar-refractivity contribution in [3.63, 3.8) is 0 Å². The zero-order valence-corrected chi connectivity index (χ0v) is 12.8. The highest BCUT2D eigenvalue weighted by Crippen LogP contribution is 2.31. The Labute approximate surface area is 123 Å². The van der Waals surface area contributed by atoms with Crippen molar-refractivity contribution in [2.75, 3.05) is 6.54 Å². The maximum Gasteiger partial charge on any atom is 0.136 e. The summed E-state index contributed by atoms with van der Waals surface area (Å²) in [4.78, 5) is 0. The van der Waals surface area contributed by atoms with Crippen molar-refractivity contribution in [1.29, 1.82) is 0 Å². The molecule has 2 aromatic rings. The first-order valence-corrected chi connectivity index (χ1v) is 7.16. The highest BCUT2D eigenvalue weighted by atomic mass is 79.9. The number of hydrogen-bond donors (Lipinski definition) is 1. The van der Waals surface area contributed by atoms with E-state index in [2.05, 4.69) is 31.9 Å². The normalized spacial score (nSPS) is 12.2. The van der Waals surface area contributed by atoms with Gasteiger partial charge in [0, 0.05) is 11.0 Å². The summed E-state index contributed by atoms with van der Waals surface area (Å²) in [6.07, 6.45) is -0.135. The molecule has 0 heterocycles. The summed E-state index contributed by atoms with van der Waals surface area (Å²) < 4.78 is 7.86. The SMILES string of the molecule is NCC(Oc1ccc(Br)cc1Br)c1ccccc1. The molecule has 0 aliphatic rings. The first-order valence-electron chi connectivity index (χ1n) is 5.57. The molecule has 0 aliphatic carbocycles. The van der Waals surface area contributed by atoms with Gasteiger partial charge in [0.15, 0.2) is 0 Å². The van der Waals surface area contributed by atoms with Crippen molar-refractivity contribution in [1.82, 2.24) is 0 Å². The first kappa shape index (κ1) is 13.6. The van der Waals surface area contributed by atoms with Gasteiger partial charge in [-0.3, -0.25) is 0 Å². The summed E-state index contributed by atoms with van der Waals surface area (Å²) in [6, 6.07) is 15.8. The fourth-order valence-corrected chi connectivity index (χ4v) is 2.78. The summed E-state index contributed by atoms with van der Waals surface area (Å²) >= 11 is 6.90. The van der Waals surface area contributed by atoms with Gasteiger partial charge in [0.25, 0.3) is 0 Å². The highest BCUT2D eigenvalue weighted by Gasteiger charge is 2.12. The molecule has 2 N–H and O–H groups in total. The van der Waals surface area contributed by atoms with Crippen molar-refractivity contribution in [3.05, 3.63) is 63.0 Å². The second-order valence-electron chi connectivity index (χ2n) is 3.83. The molecule has 2 rings (SSSR count). The van der Waals surface area contributed by atoms with Crippen LogP contribution < -0.4 is 10.5 Å². The molecular weight excluding hydrogens is 358 g/mol. The molecule has 94 valence electrons. The Kier molecular flexibility index (Phi) is 4.80. The number of rotatable bonds is 4. The minimum atomic E-state index is -0.135. The Morgan fingerprint density at radius 2 is 1.78 bits per heavy atom. The van der Waals surface area contributed by atoms with Crippen LogP contribution >= 0.6 is 31.9 Å². The highest BCUT2D eigenvalue weighted by molar-refractivity contribution is 9.11. The zero-order chi connectivity index (χ0) is 13.0. The van der Waals surface area contributed by atoms with E-state index in [9.17, 15) is 0 Å². The van der Waals surface area contributed by atoms with E-state index in [0.717, 1.165) is 20.3 Å². The van der Waals surface area contributed by atoms with E-state index in [4.69, 9.17) is 10.5 Å². The van der Waals surface area contributed by atoms with E-state index in [1.54, 1.807) is 0 Å². The van der Waals surface area contributed by atoms with Crippen LogP contribution in [-0.2, 0) is 0 Å². The summed E-state index contributed by atoms with van der Waals surface area (Å²) in [7, 11) is 0. The van der Waals surface area contributed by atoms with Gasteiger partial charge < -0.3 is 10.5 Å². The predicted molar refractivity (Wildman–Crippen MR) is 80.7 cm³/mol. The molecule has 0 saturated carbocycles. The van der Waals surface area contributed by atoms with Gasteiger partial charge in [-0.1, -0.05) is 46.3 Å². The summed E-state index contributed by atoms with van der Waals surface area (Å²) in [5.74, 6) is 0.789. The average Bonchev–Trinajstić information content (AvgIpc) is 2.39. The lowest BCUT2D eigenvalue weighted by atomic mass is 10.1. The monoisotopic (exact) mass is 369 g/mol. The van der Waals surface area contributed by atoms with Crippen LogP contribution in [0.25, 0.3) is 0 Å². The number of hydrogen-bond acceptors (Lipinski definition) is 2. The van der Waals surface area contributed by atoms with Crippen molar-refractivity contribution >= 4 is 31.9 Å². The van der Waals surface area contributed by atoms with Gasteiger partial charge in [0.2, 0.25) is 0 Å². The summed E-state index contributed by atoms with van der Waals surface area (Å²) in [5.41, 5.74) is 6.86. The molecule has 0 fully saturated rings. The lowest BCUT2D eigenvalue weighted by molar-refractivity contribution is 0.213. The Morgan fingerprint density at radius 3 is 2.39 bits per heavy atom. The maximum atomic E-state index is 5.94. The van der Waals surface area contributed by atoms with E-state index < -0.39 is 0 Å². The van der Waals surface area contributed by atoms with Crippen molar-refractivity contribution in [3.8, 4) is 5.75 Å². The van der Waals surface area contributed by atoms with Gasteiger partial charge in [0.05, 0.1) is 4.47 Å². The molecule has 0 aliphatic heterocycles. The fourth-order valence-electron chi connectivity index (χ4n) is 1.64. The third kappa shape index (κ3) is 3.34. The number of ether oxygens (including phenoxy) is 1. The number of nitrogens with two attached hydrogens (primary N) is 1. The van der Waals surface area contributed by atoms with Crippen molar-refractivity contribution in [2.45, 2.75) is 6.10 Å².